The lowest BCUT2D eigenvalue weighted by atomic mass is 9.81. The summed E-state index contributed by atoms with van der Waals surface area (Å²) in [6.45, 7) is 8.42. The molecule has 0 unspecified atom stereocenters. The maximum absolute atomic E-state index is 12.9. The van der Waals surface area contributed by atoms with Crippen molar-refractivity contribution in [3.05, 3.63) is 76.9 Å². The zero-order chi connectivity index (χ0) is 24.3. The van der Waals surface area contributed by atoms with Gasteiger partial charge in [-0.05, 0) is 89.4 Å². The lowest BCUT2D eigenvalue weighted by molar-refractivity contribution is -0.0885. The summed E-state index contributed by atoms with van der Waals surface area (Å²) < 4.78 is 38.6. The molecular weight excluding hydrogens is 435 g/mol. The Kier molecular flexibility index (Phi) is 5.34. The monoisotopic (exact) mass is 463 g/mol. The molecule has 2 aliphatic rings. The summed E-state index contributed by atoms with van der Waals surface area (Å²) in [6, 6.07) is 17.3. The Labute approximate surface area is 198 Å². The molecule has 34 heavy (non-hydrogen) atoms. The molecule has 1 aliphatic carbocycles. The summed E-state index contributed by atoms with van der Waals surface area (Å²) in [6.07, 6.45) is -1.11. The maximum Gasteiger partial charge on any atom is 0.454 e. The van der Waals surface area contributed by atoms with Crippen LogP contribution in [-0.2, 0) is 5.41 Å². The van der Waals surface area contributed by atoms with Crippen molar-refractivity contribution < 1.29 is 18.0 Å². The van der Waals surface area contributed by atoms with Gasteiger partial charge in [-0.3, -0.25) is 4.79 Å². The van der Waals surface area contributed by atoms with Gasteiger partial charge in [0.15, 0.2) is 0 Å². The Bertz CT molecular complexity index is 1280. The van der Waals surface area contributed by atoms with Crippen molar-refractivity contribution in [2.45, 2.75) is 51.6 Å². The average Bonchev–Trinajstić information content (AvgIpc) is 3.04. The molecule has 0 bridgehead atoms. The second-order valence-electron chi connectivity index (χ2n) is 10.0. The molecule has 1 saturated heterocycles. The second-order valence-corrected chi connectivity index (χ2v) is 10.0. The van der Waals surface area contributed by atoms with Crippen molar-refractivity contribution in [3.63, 3.8) is 0 Å². The van der Waals surface area contributed by atoms with E-state index in [1.807, 2.05) is 6.07 Å². The molecule has 176 valence electrons. The SMILES string of the molecule is Cc1cc(C(=O)C(F)(F)F)ccc1-c1ccc2c(c1)C(C)(C)c1cc(N3CCCCC3)ccc1-2. The largest absolute Gasteiger partial charge is 0.454 e. The van der Waals surface area contributed by atoms with Crippen LogP contribution >= 0.6 is 0 Å². The Balaban J connectivity index is 1.52. The normalized spacial score (nSPS) is 16.8. The molecule has 0 radical (unpaired) electrons. The van der Waals surface area contributed by atoms with Crippen LogP contribution in [0, 0.1) is 6.92 Å². The zero-order valence-electron chi connectivity index (χ0n) is 19.7. The number of aryl methyl sites for hydroxylation is 1. The number of alkyl halides is 3. The fourth-order valence-electron chi connectivity index (χ4n) is 5.53. The number of carbonyl (C=O) groups is 1. The molecule has 0 amide bonds. The van der Waals surface area contributed by atoms with Crippen LogP contribution in [0.1, 0.15) is 60.2 Å². The summed E-state index contributed by atoms with van der Waals surface area (Å²) in [4.78, 5) is 14.1. The van der Waals surface area contributed by atoms with E-state index in [4.69, 9.17) is 0 Å². The highest BCUT2D eigenvalue weighted by Crippen LogP contribution is 2.50. The highest BCUT2D eigenvalue weighted by molar-refractivity contribution is 6.01. The number of hydrogen-bond acceptors (Lipinski definition) is 2. The highest BCUT2D eigenvalue weighted by Gasteiger charge is 2.39. The Morgan fingerprint density at radius 3 is 2.09 bits per heavy atom. The lowest BCUT2D eigenvalue weighted by Crippen LogP contribution is -2.29. The van der Waals surface area contributed by atoms with Gasteiger partial charge in [0.05, 0.1) is 0 Å². The van der Waals surface area contributed by atoms with E-state index in [-0.39, 0.29) is 11.0 Å². The van der Waals surface area contributed by atoms with Crippen LogP contribution in [0.25, 0.3) is 22.3 Å². The van der Waals surface area contributed by atoms with Gasteiger partial charge in [0.2, 0.25) is 0 Å². The molecule has 0 aromatic heterocycles. The first-order valence-corrected chi connectivity index (χ1v) is 11.8. The first kappa shape index (κ1) is 22.7. The summed E-state index contributed by atoms with van der Waals surface area (Å²) in [7, 11) is 0. The number of nitrogens with zero attached hydrogens (tertiary/aromatic N) is 1. The molecule has 5 rings (SSSR count). The minimum atomic E-state index is -4.87. The number of ketones is 1. The topological polar surface area (TPSA) is 20.3 Å². The Hall–Kier alpha value is -3.08. The molecule has 3 aromatic rings. The Morgan fingerprint density at radius 1 is 0.824 bits per heavy atom. The van der Waals surface area contributed by atoms with E-state index in [0.717, 1.165) is 24.2 Å². The third-order valence-corrected chi connectivity index (χ3v) is 7.44. The predicted octanol–water partition coefficient (Wildman–Crippen LogP) is 7.70. The van der Waals surface area contributed by atoms with Crippen molar-refractivity contribution >= 4 is 11.5 Å². The summed E-state index contributed by atoms with van der Waals surface area (Å²) in [5.41, 5.74) is 8.17. The highest BCUT2D eigenvalue weighted by atomic mass is 19.4. The van der Waals surface area contributed by atoms with Crippen LogP contribution in [0.4, 0.5) is 18.9 Å². The quantitative estimate of drug-likeness (QED) is 0.371. The molecule has 0 atom stereocenters. The van der Waals surface area contributed by atoms with E-state index in [0.29, 0.717) is 5.56 Å². The number of anilines is 1. The summed E-state index contributed by atoms with van der Waals surface area (Å²) >= 11 is 0. The number of hydrogen-bond donors (Lipinski definition) is 0. The van der Waals surface area contributed by atoms with E-state index in [9.17, 15) is 18.0 Å². The van der Waals surface area contributed by atoms with E-state index in [1.165, 1.54) is 59.3 Å². The van der Waals surface area contributed by atoms with Gasteiger partial charge in [-0.15, -0.1) is 0 Å². The number of benzene rings is 3. The number of fused-ring (bicyclic) bond motifs is 3. The number of piperidine rings is 1. The molecule has 2 nitrogen and oxygen atoms in total. The third kappa shape index (κ3) is 3.71. The number of carbonyl (C=O) groups excluding carboxylic acids is 1. The second kappa shape index (κ2) is 8.00. The average molecular weight is 464 g/mol. The summed E-state index contributed by atoms with van der Waals surface area (Å²) in [5, 5.41) is 0. The first-order chi connectivity index (χ1) is 16.1. The van der Waals surface area contributed by atoms with Crippen molar-refractivity contribution in [2.75, 3.05) is 18.0 Å². The standard InChI is InChI=1S/C29H28F3NO/c1-18-15-20(27(34)29(30,31)32)8-10-22(18)19-7-11-23-24-12-9-21(33-13-5-4-6-14-33)17-26(24)28(2,3)25(23)16-19/h7-12,15-17H,4-6,13-14H2,1-3H3. The summed E-state index contributed by atoms with van der Waals surface area (Å²) in [5.74, 6) is -1.81. The van der Waals surface area contributed by atoms with Crippen molar-refractivity contribution in [1.82, 2.24) is 0 Å². The lowest BCUT2D eigenvalue weighted by Gasteiger charge is -2.30. The molecule has 0 saturated carbocycles. The van der Waals surface area contributed by atoms with Gasteiger partial charge in [-0.1, -0.05) is 44.2 Å². The van der Waals surface area contributed by atoms with Crippen molar-refractivity contribution in [3.8, 4) is 22.3 Å². The fourth-order valence-corrected chi connectivity index (χ4v) is 5.53. The number of Topliss-reactive ketones (excluding diaryl/α,β-unsaturated/α-hetero) is 1. The maximum atomic E-state index is 12.9. The molecule has 5 heteroatoms. The van der Waals surface area contributed by atoms with Gasteiger partial charge in [0, 0.05) is 29.8 Å². The van der Waals surface area contributed by atoms with Crippen LogP contribution in [0.2, 0.25) is 0 Å². The molecule has 3 aromatic carbocycles. The third-order valence-electron chi connectivity index (χ3n) is 7.44. The van der Waals surface area contributed by atoms with Gasteiger partial charge in [0.25, 0.3) is 5.78 Å². The van der Waals surface area contributed by atoms with Crippen LogP contribution in [-0.4, -0.2) is 25.0 Å². The van der Waals surface area contributed by atoms with Crippen LogP contribution in [0.5, 0.6) is 0 Å². The minimum absolute atomic E-state index is 0.188. The Morgan fingerprint density at radius 2 is 1.44 bits per heavy atom. The predicted molar refractivity (Wildman–Crippen MR) is 131 cm³/mol. The van der Waals surface area contributed by atoms with E-state index < -0.39 is 12.0 Å². The van der Waals surface area contributed by atoms with Gasteiger partial charge >= 0.3 is 6.18 Å². The van der Waals surface area contributed by atoms with Crippen molar-refractivity contribution in [2.24, 2.45) is 0 Å². The molecule has 1 aliphatic heterocycles. The smallest absolute Gasteiger partial charge is 0.372 e. The van der Waals surface area contributed by atoms with Gasteiger partial charge in [-0.2, -0.15) is 13.2 Å². The molecule has 0 N–H and O–H groups in total. The number of rotatable bonds is 3. The molecule has 0 spiro atoms. The fraction of sp³-hybridized carbons (Fsp3) is 0.345. The number of halogens is 3. The minimum Gasteiger partial charge on any atom is -0.372 e. The zero-order valence-corrected chi connectivity index (χ0v) is 19.7. The van der Waals surface area contributed by atoms with E-state index >= 15 is 0 Å². The molecular formula is C29H28F3NO. The van der Waals surface area contributed by atoms with Gasteiger partial charge in [-0.25, -0.2) is 0 Å². The van der Waals surface area contributed by atoms with Gasteiger partial charge in [0.1, 0.15) is 0 Å². The van der Waals surface area contributed by atoms with Crippen LogP contribution < -0.4 is 4.90 Å². The molecule has 1 fully saturated rings. The van der Waals surface area contributed by atoms with Crippen LogP contribution in [0.3, 0.4) is 0 Å². The van der Waals surface area contributed by atoms with Crippen LogP contribution in [0.15, 0.2) is 54.6 Å². The van der Waals surface area contributed by atoms with Gasteiger partial charge < -0.3 is 4.90 Å². The van der Waals surface area contributed by atoms with E-state index in [1.54, 1.807) is 13.0 Å². The van der Waals surface area contributed by atoms with Crippen molar-refractivity contribution in [1.29, 1.82) is 0 Å². The van der Waals surface area contributed by atoms with E-state index in [2.05, 4.69) is 49.1 Å². The molecule has 1 heterocycles. The first-order valence-electron chi connectivity index (χ1n) is 11.8.